The molecule has 7 heteroatoms. The van der Waals surface area contributed by atoms with Gasteiger partial charge in [0.1, 0.15) is 5.82 Å². The van der Waals surface area contributed by atoms with Crippen LogP contribution in [0, 0.1) is 5.92 Å². The summed E-state index contributed by atoms with van der Waals surface area (Å²) in [5.41, 5.74) is 9.97. The number of hydrogen-bond donors (Lipinski definition) is 4. The van der Waals surface area contributed by atoms with Gasteiger partial charge in [-0.2, -0.15) is 5.10 Å². The molecule has 0 fully saturated rings. The summed E-state index contributed by atoms with van der Waals surface area (Å²) >= 11 is 0. The third kappa shape index (κ3) is 3.12. The van der Waals surface area contributed by atoms with Crippen LogP contribution in [0.4, 0.5) is 5.82 Å². The van der Waals surface area contributed by atoms with E-state index in [1.807, 2.05) is 24.4 Å². The van der Waals surface area contributed by atoms with Crippen LogP contribution in [0.15, 0.2) is 36.8 Å². The zero-order valence-electron chi connectivity index (χ0n) is 15.3. The Morgan fingerprint density at radius 3 is 2.96 bits per heavy atom. The molecule has 1 aromatic carbocycles. The minimum Gasteiger partial charge on any atom is -0.384 e. The third-order valence-electron chi connectivity index (χ3n) is 5.00. The molecule has 0 spiro atoms. The fourth-order valence-electron chi connectivity index (χ4n) is 3.17. The summed E-state index contributed by atoms with van der Waals surface area (Å²) in [6.07, 6.45) is 6.37. The molecule has 3 heterocycles. The Morgan fingerprint density at radius 2 is 2.15 bits per heavy atom. The van der Waals surface area contributed by atoms with E-state index in [1.165, 1.54) is 0 Å². The number of carbonyl (C=O) groups excluding carboxylic acids is 1. The number of rotatable bonds is 5. The number of anilines is 1. The van der Waals surface area contributed by atoms with E-state index < -0.39 is 0 Å². The lowest BCUT2D eigenvalue weighted by atomic mass is 9.99. The summed E-state index contributed by atoms with van der Waals surface area (Å²) in [5.74, 6) is 0.783. The average Bonchev–Trinajstić information content (AvgIpc) is 3.31. The van der Waals surface area contributed by atoms with Crippen LogP contribution in [-0.2, 0) is 0 Å². The van der Waals surface area contributed by atoms with Gasteiger partial charge in [-0.15, -0.1) is 0 Å². The molecule has 27 heavy (non-hydrogen) atoms. The van der Waals surface area contributed by atoms with Gasteiger partial charge in [-0.3, -0.25) is 9.89 Å². The molecule has 1 unspecified atom stereocenters. The monoisotopic (exact) mass is 362 g/mol. The molecule has 1 amide bonds. The summed E-state index contributed by atoms with van der Waals surface area (Å²) in [6, 6.07) is 5.75. The fraction of sp³-hybridized carbons (Fsp3) is 0.250. The van der Waals surface area contributed by atoms with E-state index in [2.05, 4.69) is 39.3 Å². The van der Waals surface area contributed by atoms with E-state index >= 15 is 0 Å². The zero-order valence-corrected chi connectivity index (χ0v) is 15.3. The lowest BCUT2D eigenvalue weighted by Crippen LogP contribution is -2.28. The maximum Gasteiger partial charge on any atom is 0.253 e. The van der Waals surface area contributed by atoms with E-state index in [1.54, 1.807) is 12.4 Å². The van der Waals surface area contributed by atoms with Crippen molar-refractivity contribution in [3.8, 4) is 11.1 Å². The van der Waals surface area contributed by atoms with E-state index in [0.717, 1.165) is 39.4 Å². The Morgan fingerprint density at radius 1 is 1.30 bits per heavy atom. The maximum atomic E-state index is 12.8. The molecule has 0 aliphatic heterocycles. The highest BCUT2D eigenvalue weighted by atomic mass is 16.1. The van der Waals surface area contributed by atoms with Crippen LogP contribution in [0.5, 0.6) is 0 Å². The molecule has 7 nitrogen and oxygen atoms in total. The molecule has 0 bridgehead atoms. The fourth-order valence-corrected chi connectivity index (χ4v) is 3.17. The van der Waals surface area contributed by atoms with Crippen LogP contribution in [0.25, 0.3) is 32.9 Å². The first-order chi connectivity index (χ1) is 13.1. The first-order valence-electron chi connectivity index (χ1n) is 9.05. The predicted octanol–water partition coefficient (Wildman–Crippen LogP) is 3.46. The van der Waals surface area contributed by atoms with E-state index in [0.29, 0.717) is 23.8 Å². The first-order valence-corrected chi connectivity index (χ1v) is 9.05. The Balaban J connectivity index is 1.80. The van der Waals surface area contributed by atoms with Gasteiger partial charge in [0, 0.05) is 29.1 Å². The normalized spacial score (nSPS) is 12.5. The van der Waals surface area contributed by atoms with Gasteiger partial charge in [0.2, 0.25) is 0 Å². The number of aromatic nitrogens is 4. The van der Waals surface area contributed by atoms with Crippen LogP contribution in [-0.4, -0.2) is 32.6 Å². The minimum absolute atomic E-state index is 0.104. The van der Waals surface area contributed by atoms with Crippen LogP contribution < -0.4 is 11.1 Å². The summed E-state index contributed by atoms with van der Waals surface area (Å²) in [6.45, 7) is 4.87. The molecule has 0 radical (unpaired) electrons. The smallest absolute Gasteiger partial charge is 0.253 e. The van der Waals surface area contributed by atoms with E-state index in [4.69, 9.17) is 5.73 Å². The Kier molecular flexibility index (Phi) is 4.27. The van der Waals surface area contributed by atoms with Crippen molar-refractivity contribution in [1.82, 2.24) is 25.5 Å². The van der Waals surface area contributed by atoms with Gasteiger partial charge in [0.05, 0.1) is 29.0 Å². The summed E-state index contributed by atoms with van der Waals surface area (Å²) in [4.78, 5) is 20.1. The molecule has 5 N–H and O–H groups in total. The molecule has 0 aliphatic carbocycles. The number of nitrogen functional groups attached to an aromatic ring is 1. The van der Waals surface area contributed by atoms with Crippen LogP contribution >= 0.6 is 0 Å². The van der Waals surface area contributed by atoms with Crippen LogP contribution in [0.2, 0.25) is 0 Å². The highest BCUT2D eigenvalue weighted by molar-refractivity contribution is 6.08. The van der Waals surface area contributed by atoms with Crippen LogP contribution in [0.3, 0.4) is 0 Å². The van der Waals surface area contributed by atoms with Gasteiger partial charge >= 0.3 is 0 Å². The molecule has 138 valence electrons. The maximum absolute atomic E-state index is 12.8. The van der Waals surface area contributed by atoms with Crippen molar-refractivity contribution < 1.29 is 4.79 Å². The predicted molar refractivity (Wildman–Crippen MR) is 107 cm³/mol. The number of nitrogens with zero attached hydrogens (tertiary/aromatic N) is 2. The quantitative estimate of drug-likeness (QED) is 0.435. The number of nitrogens with two attached hydrogens (primary N) is 1. The van der Waals surface area contributed by atoms with Crippen LogP contribution in [0.1, 0.15) is 30.6 Å². The van der Waals surface area contributed by atoms with Gasteiger partial charge in [0.15, 0.2) is 0 Å². The Hall–Kier alpha value is -3.35. The number of carbonyl (C=O) groups is 1. The highest BCUT2D eigenvalue weighted by Crippen LogP contribution is 2.32. The van der Waals surface area contributed by atoms with Gasteiger partial charge < -0.3 is 16.0 Å². The second kappa shape index (κ2) is 6.75. The highest BCUT2D eigenvalue weighted by Gasteiger charge is 2.16. The molecule has 4 rings (SSSR count). The summed E-state index contributed by atoms with van der Waals surface area (Å²) < 4.78 is 0. The minimum atomic E-state index is -0.104. The molecule has 0 saturated carbocycles. The standard InChI is InChI=1S/C20H22N6O/c1-3-11(2)7-24-20(27)15-5-12(4-13-8-25-26-19(13)15)16-9-22-17-10-23-18(21)6-14(16)17/h4-6,8-11,22H,3,7H2,1-2H3,(H2,21,23)(H,24,27)(H,25,26). The van der Waals surface area contributed by atoms with Crippen molar-refractivity contribution in [1.29, 1.82) is 0 Å². The average molecular weight is 362 g/mol. The lowest BCUT2D eigenvalue weighted by molar-refractivity contribution is 0.0949. The van der Waals surface area contributed by atoms with Gasteiger partial charge in [-0.1, -0.05) is 20.3 Å². The van der Waals surface area contributed by atoms with Crippen molar-refractivity contribution in [3.05, 3.63) is 42.4 Å². The topological polar surface area (TPSA) is 112 Å². The summed E-state index contributed by atoms with van der Waals surface area (Å²) in [7, 11) is 0. The molecular weight excluding hydrogens is 340 g/mol. The second-order valence-electron chi connectivity index (χ2n) is 6.94. The number of benzene rings is 1. The molecule has 0 saturated heterocycles. The number of nitrogens with one attached hydrogen (secondary N) is 3. The summed E-state index contributed by atoms with van der Waals surface area (Å²) in [5, 5.41) is 11.9. The van der Waals surface area contributed by atoms with Gasteiger partial charge in [0.25, 0.3) is 5.91 Å². The first kappa shape index (κ1) is 17.1. The van der Waals surface area contributed by atoms with Crippen molar-refractivity contribution in [2.75, 3.05) is 12.3 Å². The number of hydrogen-bond acceptors (Lipinski definition) is 4. The van der Waals surface area contributed by atoms with Crippen molar-refractivity contribution >= 4 is 33.5 Å². The molecule has 0 aliphatic rings. The number of H-pyrrole nitrogens is 2. The largest absolute Gasteiger partial charge is 0.384 e. The van der Waals surface area contributed by atoms with Gasteiger partial charge in [-0.25, -0.2) is 4.98 Å². The number of amides is 1. The molecule has 3 aromatic heterocycles. The lowest BCUT2D eigenvalue weighted by Gasteiger charge is -2.11. The van der Waals surface area contributed by atoms with Crippen molar-refractivity contribution in [3.63, 3.8) is 0 Å². The SMILES string of the molecule is CCC(C)CNC(=O)c1cc(-c2c[nH]c3cnc(N)cc23)cc2cn[nH]c12. The molecule has 4 aromatic rings. The second-order valence-corrected chi connectivity index (χ2v) is 6.94. The van der Waals surface area contributed by atoms with Gasteiger partial charge in [-0.05, 0) is 29.7 Å². The number of aromatic amines is 2. The van der Waals surface area contributed by atoms with E-state index in [9.17, 15) is 4.79 Å². The Labute approximate surface area is 156 Å². The zero-order chi connectivity index (χ0) is 19.0. The van der Waals surface area contributed by atoms with Crippen molar-refractivity contribution in [2.24, 2.45) is 5.92 Å². The Bertz CT molecular complexity index is 1130. The molecule has 1 atom stereocenters. The third-order valence-corrected chi connectivity index (χ3v) is 5.00. The molecular formula is C20H22N6O. The number of pyridine rings is 1. The van der Waals surface area contributed by atoms with Crippen molar-refractivity contribution in [2.45, 2.75) is 20.3 Å². The number of fused-ring (bicyclic) bond motifs is 2. The van der Waals surface area contributed by atoms with E-state index in [-0.39, 0.29) is 5.91 Å².